The first-order valence-electron chi connectivity index (χ1n) is 11.4. The molecule has 1 N–H and O–H groups in total. The van der Waals surface area contributed by atoms with Crippen molar-refractivity contribution >= 4 is 34.2 Å². The predicted molar refractivity (Wildman–Crippen MR) is 130 cm³/mol. The standard InChI is InChI=1S/C27H29N3O3/c1-4-22(26(32)28-5-2)29(16-19-14-12-18(3)13-15-19)24(31)17-30-23-11-7-9-20-8-6-10-21(25(20)23)27(30)33/h6-15,22H,4-5,16-17H2,1-3H3,(H,28,32). The van der Waals surface area contributed by atoms with Crippen LogP contribution in [0.4, 0.5) is 5.69 Å². The fourth-order valence-electron chi connectivity index (χ4n) is 4.46. The molecule has 1 aliphatic heterocycles. The molecule has 0 fully saturated rings. The molecule has 0 bridgehead atoms. The fraction of sp³-hybridized carbons (Fsp3) is 0.296. The van der Waals surface area contributed by atoms with Crippen LogP contribution in [0.2, 0.25) is 0 Å². The van der Waals surface area contributed by atoms with Gasteiger partial charge in [-0.25, -0.2) is 0 Å². The second-order valence-electron chi connectivity index (χ2n) is 8.40. The molecule has 0 saturated carbocycles. The lowest BCUT2D eigenvalue weighted by molar-refractivity contribution is -0.140. The number of nitrogens with one attached hydrogen (secondary N) is 1. The minimum atomic E-state index is -0.616. The Labute approximate surface area is 194 Å². The minimum absolute atomic E-state index is 0.117. The van der Waals surface area contributed by atoms with Gasteiger partial charge in [0.05, 0.1) is 5.69 Å². The molecule has 33 heavy (non-hydrogen) atoms. The molecule has 3 aromatic rings. The molecule has 4 rings (SSSR count). The Morgan fingerprint density at radius 3 is 2.36 bits per heavy atom. The highest BCUT2D eigenvalue weighted by atomic mass is 16.2. The van der Waals surface area contributed by atoms with E-state index in [9.17, 15) is 14.4 Å². The highest BCUT2D eigenvalue weighted by Gasteiger charge is 2.34. The van der Waals surface area contributed by atoms with Gasteiger partial charge >= 0.3 is 0 Å². The number of likely N-dealkylation sites (N-methyl/N-ethyl adjacent to an activating group) is 1. The van der Waals surface area contributed by atoms with E-state index in [0.717, 1.165) is 27.6 Å². The predicted octanol–water partition coefficient (Wildman–Crippen LogP) is 4.05. The zero-order chi connectivity index (χ0) is 23.5. The van der Waals surface area contributed by atoms with Crippen LogP contribution in [-0.2, 0) is 16.1 Å². The number of carbonyl (C=O) groups is 3. The monoisotopic (exact) mass is 443 g/mol. The Bertz CT molecular complexity index is 1200. The summed E-state index contributed by atoms with van der Waals surface area (Å²) in [7, 11) is 0. The highest BCUT2D eigenvalue weighted by molar-refractivity contribution is 6.26. The number of rotatable bonds is 8. The van der Waals surface area contributed by atoms with Gasteiger partial charge in [-0.1, -0.05) is 61.0 Å². The van der Waals surface area contributed by atoms with E-state index in [-0.39, 0.29) is 24.3 Å². The second kappa shape index (κ2) is 9.45. The average molecular weight is 444 g/mol. The zero-order valence-corrected chi connectivity index (χ0v) is 19.3. The lowest BCUT2D eigenvalue weighted by Gasteiger charge is -2.32. The van der Waals surface area contributed by atoms with Crippen molar-refractivity contribution in [3.63, 3.8) is 0 Å². The summed E-state index contributed by atoms with van der Waals surface area (Å²) in [5.41, 5.74) is 3.41. The van der Waals surface area contributed by atoms with Crippen molar-refractivity contribution in [2.45, 2.75) is 39.8 Å². The average Bonchev–Trinajstić information content (AvgIpc) is 3.08. The van der Waals surface area contributed by atoms with Crippen LogP contribution in [0.5, 0.6) is 0 Å². The van der Waals surface area contributed by atoms with Gasteiger partial charge in [0, 0.05) is 24.0 Å². The van der Waals surface area contributed by atoms with Gasteiger partial charge in [0.15, 0.2) is 0 Å². The summed E-state index contributed by atoms with van der Waals surface area (Å²) in [5, 5.41) is 4.69. The van der Waals surface area contributed by atoms with E-state index < -0.39 is 6.04 Å². The third kappa shape index (κ3) is 4.33. The molecular formula is C27H29N3O3. The first kappa shape index (κ1) is 22.5. The summed E-state index contributed by atoms with van der Waals surface area (Å²) >= 11 is 0. The van der Waals surface area contributed by atoms with Gasteiger partial charge < -0.3 is 10.2 Å². The molecular weight excluding hydrogens is 414 g/mol. The maximum absolute atomic E-state index is 13.6. The number of hydrogen-bond acceptors (Lipinski definition) is 3. The number of amides is 3. The largest absolute Gasteiger partial charge is 0.355 e. The fourth-order valence-corrected chi connectivity index (χ4v) is 4.46. The van der Waals surface area contributed by atoms with Crippen LogP contribution >= 0.6 is 0 Å². The molecule has 0 aromatic heterocycles. The van der Waals surface area contributed by atoms with E-state index in [2.05, 4.69) is 5.32 Å². The van der Waals surface area contributed by atoms with Gasteiger partial charge in [0.25, 0.3) is 5.91 Å². The summed E-state index contributed by atoms with van der Waals surface area (Å²) in [4.78, 5) is 42.8. The molecule has 1 unspecified atom stereocenters. The van der Waals surface area contributed by atoms with Crippen LogP contribution in [0.1, 0.15) is 41.8 Å². The minimum Gasteiger partial charge on any atom is -0.355 e. The van der Waals surface area contributed by atoms with Crippen molar-refractivity contribution < 1.29 is 14.4 Å². The lowest BCUT2D eigenvalue weighted by atomic mass is 10.1. The first-order chi connectivity index (χ1) is 15.9. The molecule has 170 valence electrons. The Kier molecular flexibility index (Phi) is 6.45. The summed E-state index contributed by atoms with van der Waals surface area (Å²) in [5.74, 6) is -0.623. The van der Waals surface area contributed by atoms with Crippen molar-refractivity contribution in [3.05, 3.63) is 77.4 Å². The number of benzene rings is 3. The van der Waals surface area contributed by atoms with Gasteiger partial charge in [-0.15, -0.1) is 0 Å². The Hall–Kier alpha value is -3.67. The quantitative estimate of drug-likeness (QED) is 0.571. The normalized spacial score (nSPS) is 13.3. The SMILES string of the molecule is CCNC(=O)C(CC)N(Cc1ccc(C)cc1)C(=O)CN1C(=O)c2cccc3cccc1c23. The molecule has 1 atom stereocenters. The maximum Gasteiger partial charge on any atom is 0.259 e. The van der Waals surface area contributed by atoms with E-state index in [1.807, 2.05) is 75.4 Å². The summed E-state index contributed by atoms with van der Waals surface area (Å²) in [6.07, 6.45) is 0.479. The number of anilines is 1. The van der Waals surface area contributed by atoms with Crippen LogP contribution in [0, 0.1) is 6.92 Å². The summed E-state index contributed by atoms with van der Waals surface area (Å²) in [6.45, 7) is 6.43. The maximum atomic E-state index is 13.6. The van der Waals surface area contributed by atoms with E-state index in [1.54, 1.807) is 11.0 Å². The van der Waals surface area contributed by atoms with E-state index in [0.29, 0.717) is 25.1 Å². The van der Waals surface area contributed by atoms with Crippen LogP contribution < -0.4 is 10.2 Å². The van der Waals surface area contributed by atoms with Gasteiger partial charge in [-0.05, 0) is 43.4 Å². The number of carbonyl (C=O) groups excluding carboxylic acids is 3. The van der Waals surface area contributed by atoms with E-state index in [1.165, 1.54) is 4.90 Å². The van der Waals surface area contributed by atoms with Crippen molar-refractivity contribution in [1.29, 1.82) is 0 Å². The van der Waals surface area contributed by atoms with E-state index in [4.69, 9.17) is 0 Å². The molecule has 3 aromatic carbocycles. The number of nitrogens with zero attached hydrogens (tertiary/aromatic N) is 2. The zero-order valence-electron chi connectivity index (χ0n) is 19.3. The van der Waals surface area contributed by atoms with Crippen molar-refractivity contribution in [2.24, 2.45) is 0 Å². The lowest BCUT2D eigenvalue weighted by Crippen LogP contribution is -2.52. The summed E-state index contributed by atoms with van der Waals surface area (Å²) in [6, 6.07) is 18.7. The Morgan fingerprint density at radius 2 is 1.70 bits per heavy atom. The van der Waals surface area contributed by atoms with Crippen molar-refractivity contribution in [2.75, 3.05) is 18.0 Å². The smallest absolute Gasteiger partial charge is 0.259 e. The molecule has 0 spiro atoms. The molecule has 0 radical (unpaired) electrons. The van der Waals surface area contributed by atoms with Gasteiger partial charge in [-0.2, -0.15) is 0 Å². The molecule has 1 heterocycles. The van der Waals surface area contributed by atoms with Crippen LogP contribution in [0.15, 0.2) is 60.7 Å². The Morgan fingerprint density at radius 1 is 1.00 bits per heavy atom. The Balaban J connectivity index is 1.65. The van der Waals surface area contributed by atoms with E-state index >= 15 is 0 Å². The topological polar surface area (TPSA) is 69.7 Å². The first-order valence-corrected chi connectivity index (χ1v) is 11.4. The summed E-state index contributed by atoms with van der Waals surface area (Å²) < 4.78 is 0. The van der Waals surface area contributed by atoms with Crippen molar-refractivity contribution in [3.8, 4) is 0 Å². The van der Waals surface area contributed by atoms with Crippen LogP contribution in [-0.4, -0.2) is 41.8 Å². The number of aryl methyl sites for hydroxylation is 1. The molecule has 6 heteroatoms. The highest BCUT2D eigenvalue weighted by Crippen LogP contribution is 2.37. The van der Waals surface area contributed by atoms with Gasteiger partial charge in [-0.3, -0.25) is 19.3 Å². The van der Waals surface area contributed by atoms with Gasteiger partial charge in [0.2, 0.25) is 11.8 Å². The molecule has 3 amide bonds. The molecule has 1 aliphatic rings. The molecule has 0 saturated heterocycles. The van der Waals surface area contributed by atoms with Crippen LogP contribution in [0.3, 0.4) is 0 Å². The molecule has 0 aliphatic carbocycles. The second-order valence-corrected chi connectivity index (χ2v) is 8.40. The molecule has 6 nitrogen and oxygen atoms in total. The number of hydrogen-bond donors (Lipinski definition) is 1. The van der Waals surface area contributed by atoms with Gasteiger partial charge in [0.1, 0.15) is 12.6 Å². The van der Waals surface area contributed by atoms with Crippen molar-refractivity contribution in [1.82, 2.24) is 10.2 Å². The third-order valence-electron chi connectivity index (χ3n) is 6.15. The van der Waals surface area contributed by atoms with Crippen LogP contribution in [0.25, 0.3) is 10.8 Å². The third-order valence-corrected chi connectivity index (χ3v) is 6.15.